The molecule has 208 valence electrons. The van der Waals surface area contributed by atoms with Gasteiger partial charge in [0.2, 0.25) is 0 Å². The van der Waals surface area contributed by atoms with Gasteiger partial charge in [0.25, 0.3) is 0 Å². The minimum absolute atomic E-state index is 0.00439. The van der Waals surface area contributed by atoms with Gasteiger partial charge in [-0.3, -0.25) is 10.1 Å². The van der Waals surface area contributed by atoms with Crippen LogP contribution < -0.4 is 5.32 Å². The highest BCUT2D eigenvalue weighted by atomic mass is 35.5. The number of aromatic carboxylic acids is 1. The zero-order valence-corrected chi connectivity index (χ0v) is 25.6. The number of benzene rings is 2. The van der Waals surface area contributed by atoms with Crippen molar-refractivity contribution in [3.05, 3.63) is 70.2 Å². The van der Waals surface area contributed by atoms with E-state index in [1.165, 1.54) is 0 Å². The normalized spacial score (nSPS) is 21.2. The monoisotopic (exact) mass is 559 g/mol. The fourth-order valence-corrected chi connectivity index (χ4v) is 5.93. The molecule has 3 atom stereocenters. The first-order valence-electron chi connectivity index (χ1n) is 13.2. The van der Waals surface area contributed by atoms with Crippen molar-refractivity contribution in [1.82, 2.24) is 5.32 Å². The Kier molecular flexibility index (Phi) is 8.88. The Bertz CT molecular complexity index is 1140. The van der Waals surface area contributed by atoms with Crippen molar-refractivity contribution >= 4 is 31.9 Å². The third-order valence-electron chi connectivity index (χ3n) is 7.63. The average Bonchev–Trinajstić information content (AvgIpc) is 3.22. The van der Waals surface area contributed by atoms with E-state index in [0.717, 1.165) is 11.1 Å². The van der Waals surface area contributed by atoms with E-state index >= 15 is 0 Å². The molecule has 0 bridgehead atoms. The van der Waals surface area contributed by atoms with E-state index in [2.05, 4.69) is 39.2 Å². The molecule has 2 N–H and O–H groups in total. The van der Waals surface area contributed by atoms with Gasteiger partial charge >= 0.3 is 11.9 Å². The molecular formula is C30H42ClNO5Si. The highest BCUT2D eigenvalue weighted by molar-refractivity contribution is 6.74. The topological polar surface area (TPSA) is 84.9 Å². The van der Waals surface area contributed by atoms with Crippen LogP contribution >= 0.6 is 11.6 Å². The summed E-state index contributed by atoms with van der Waals surface area (Å²) in [4.78, 5) is 25.1. The SMILES string of the molecule is CC(C)(C)OC(=O)[C@@]1(Cc2ccc(C(=O)O)cc2)CC[C@H]([C@H](O[Si](C)(C)C(C)(C)C)c2ccc(Cl)cc2)N1. The van der Waals surface area contributed by atoms with Crippen LogP contribution in [-0.2, 0) is 20.4 Å². The van der Waals surface area contributed by atoms with E-state index in [1.54, 1.807) is 24.3 Å². The van der Waals surface area contributed by atoms with Crippen molar-refractivity contribution < 1.29 is 23.9 Å². The highest BCUT2D eigenvalue weighted by Crippen LogP contribution is 2.43. The quantitative estimate of drug-likeness (QED) is 0.263. The van der Waals surface area contributed by atoms with Gasteiger partial charge in [-0.1, -0.05) is 56.6 Å². The first kappa shape index (κ1) is 30.3. The second-order valence-corrected chi connectivity index (χ2v) is 18.1. The Balaban J connectivity index is 1.99. The molecule has 1 saturated heterocycles. The number of hydrogen-bond donors (Lipinski definition) is 2. The van der Waals surface area contributed by atoms with E-state index in [1.807, 2.05) is 45.0 Å². The lowest BCUT2D eigenvalue weighted by atomic mass is 9.88. The van der Waals surface area contributed by atoms with Gasteiger partial charge in [-0.05, 0) is 87.1 Å². The zero-order chi connectivity index (χ0) is 28.5. The fraction of sp³-hybridized carbons (Fsp3) is 0.533. The number of carboxylic acids is 1. The molecule has 1 aliphatic heterocycles. The van der Waals surface area contributed by atoms with Crippen LogP contribution in [0, 0.1) is 0 Å². The molecule has 0 amide bonds. The summed E-state index contributed by atoms with van der Waals surface area (Å²) in [7, 11) is -2.18. The van der Waals surface area contributed by atoms with Crippen molar-refractivity contribution in [2.24, 2.45) is 0 Å². The summed E-state index contributed by atoms with van der Waals surface area (Å²) in [6.45, 7) is 16.7. The van der Waals surface area contributed by atoms with Crippen LogP contribution in [0.3, 0.4) is 0 Å². The molecule has 2 aromatic carbocycles. The van der Waals surface area contributed by atoms with Gasteiger partial charge in [-0.15, -0.1) is 0 Å². The van der Waals surface area contributed by atoms with Crippen molar-refractivity contribution in [3.8, 4) is 0 Å². The van der Waals surface area contributed by atoms with E-state index in [4.69, 9.17) is 20.8 Å². The van der Waals surface area contributed by atoms with Crippen molar-refractivity contribution in [1.29, 1.82) is 0 Å². The smallest absolute Gasteiger partial charge is 0.335 e. The molecule has 0 aliphatic carbocycles. The number of esters is 1. The summed E-state index contributed by atoms with van der Waals surface area (Å²) in [6, 6.07) is 14.3. The summed E-state index contributed by atoms with van der Waals surface area (Å²) < 4.78 is 12.9. The van der Waals surface area contributed by atoms with E-state index < -0.39 is 25.4 Å². The van der Waals surface area contributed by atoms with Gasteiger partial charge in [0.15, 0.2) is 8.32 Å². The maximum absolute atomic E-state index is 13.7. The Hall–Kier alpha value is -2.19. The summed E-state index contributed by atoms with van der Waals surface area (Å²) in [6.07, 6.45) is 1.39. The van der Waals surface area contributed by atoms with Crippen LogP contribution in [0.2, 0.25) is 23.2 Å². The number of carbonyl (C=O) groups is 2. The molecule has 8 heteroatoms. The first-order chi connectivity index (χ1) is 17.4. The Morgan fingerprint density at radius 1 is 1.05 bits per heavy atom. The maximum Gasteiger partial charge on any atom is 0.335 e. The second-order valence-electron chi connectivity index (χ2n) is 12.9. The fourth-order valence-electron chi connectivity index (χ4n) is 4.52. The molecule has 0 unspecified atom stereocenters. The largest absolute Gasteiger partial charge is 0.478 e. The predicted octanol–water partition coefficient (Wildman–Crippen LogP) is 7.18. The van der Waals surface area contributed by atoms with Gasteiger partial charge in [0.1, 0.15) is 11.1 Å². The summed E-state index contributed by atoms with van der Waals surface area (Å²) >= 11 is 6.21. The predicted molar refractivity (Wildman–Crippen MR) is 154 cm³/mol. The number of halogens is 1. The van der Waals surface area contributed by atoms with Crippen LogP contribution in [0.5, 0.6) is 0 Å². The summed E-state index contributed by atoms with van der Waals surface area (Å²) in [5, 5.41) is 13.6. The van der Waals surface area contributed by atoms with Gasteiger partial charge < -0.3 is 14.3 Å². The summed E-state index contributed by atoms with van der Waals surface area (Å²) in [5.74, 6) is -1.29. The Morgan fingerprint density at radius 2 is 1.63 bits per heavy atom. The third-order valence-corrected chi connectivity index (χ3v) is 12.3. The van der Waals surface area contributed by atoms with Crippen LogP contribution in [-0.4, -0.2) is 42.5 Å². The van der Waals surface area contributed by atoms with Gasteiger partial charge in [0, 0.05) is 17.5 Å². The standard InChI is InChI=1S/C30H42ClNO5Si/c1-28(2,3)36-27(35)30(19-20-9-11-22(12-10-20)26(33)34)18-17-24(32-30)25(21-13-15-23(31)16-14-21)37-38(7,8)29(4,5)6/h9-16,24-25,32H,17-19H2,1-8H3,(H,33,34)/t24-,25-,30+/m1/s1. The summed E-state index contributed by atoms with van der Waals surface area (Å²) in [5.41, 5.74) is 0.474. The first-order valence-corrected chi connectivity index (χ1v) is 16.5. The molecule has 3 rings (SSSR count). The van der Waals surface area contributed by atoms with Crippen LogP contribution in [0.4, 0.5) is 0 Å². The lowest BCUT2D eigenvalue weighted by Gasteiger charge is -2.41. The van der Waals surface area contributed by atoms with Crippen molar-refractivity contribution in [3.63, 3.8) is 0 Å². The molecule has 0 spiro atoms. The van der Waals surface area contributed by atoms with E-state index in [0.29, 0.717) is 24.3 Å². The molecule has 0 aromatic heterocycles. The molecule has 1 fully saturated rings. The number of hydrogen-bond acceptors (Lipinski definition) is 5. The van der Waals surface area contributed by atoms with Crippen LogP contribution in [0.1, 0.15) is 82.0 Å². The molecule has 38 heavy (non-hydrogen) atoms. The van der Waals surface area contributed by atoms with Crippen molar-refractivity contribution in [2.45, 2.75) is 102 Å². The number of carbonyl (C=O) groups excluding carboxylic acids is 1. The molecule has 0 saturated carbocycles. The number of nitrogens with one attached hydrogen (secondary N) is 1. The van der Waals surface area contributed by atoms with Crippen LogP contribution in [0.25, 0.3) is 0 Å². The molecule has 0 radical (unpaired) electrons. The van der Waals surface area contributed by atoms with Gasteiger partial charge in [-0.25, -0.2) is 4.79 Å². The Morgan fingerprint density at radius 3 is 2.13 bits per heavy atom. The molecule has 2 aromatic rings. The van der Waals surface area contributed by atoms with E-state index in [9.17, 15) is 14.7 Å². The Labute approximate surface area is 233 Å². The minimum atomic E-state index is -2.18. The molecule has 6 nitrogen and oxygen atoms in total. The lowest BCUT2D eigenvalue weighted by Crippen LogP contribution is -2.56. The van der Waals surface area contributed by atoms with E-state index in [-0.39, 0.29) is 28.7 Å². The zero-order valence-electron chi connectivity index (χ0n) is 23.9. The van der Waals surface area contributed by atoms with Crippen LogP contribution in [0.15, 0.2) is 48.5 Å². The van der Waals surface area contributed by atoms with Gasteiger partial charge in [0.05, 0.1) is 11.7 Å². The average molecular weight is 560 g/mol. The van der Waals surface area contributed by atoms with Crippen molar-refractivity contribution in [2.75, 3.05) is 0 Å². The maximum atomic E-state index is 13.7. The van der Waals surface area contributed by atoms with Gasteiger partial charge in [-0.2, -0.15) is 0 Å². The number of ether oxygens (including phenoxy) is 1. The second kappa shape index (κ2) is 11.1. The number of rotatable bonds is 8. The lowest BCUT2D eigenvalue weighted by molar-refractivity contribution is -0.163. The minimum Gasteiger partial charge on any atom is -0.478 e. The number of carboxylic acid groups (broad SMARTS) is 1. The molecule has 1 aliphatic rings. The molecule has 1 heterocycles. The third kappa shape index (κ3) is 7.26. The highest BCUT2D eigenvalue weighted by Gasteiger charge is 2.51. The molecular weight excluding hydrogens is 518 g/mol.